The summed E-state index contributed by atoms with van der Waals surface area (Å²) >= 11 is 0. The van der Waals surface area contributed by atoms with Crippen molar-refractivity contribution in [1.29, 1.82) is 0 Å². The Morgan fingerprint density at radius 3 is 2.55 bits per heavy atom. The minimum Gasteiger partial charge on any atom is -0.457 e. The number of nitrogens with zero attached hydrogens (tertiary/aromatic N) is 1. The van der Waals surface area contributed by atoms with Crippen LogP contribution in [-0.2, 0) is 9.53 Å². The van der Waals surface area contributed by atoms with Crippen molar-refractivity contribution < 1.29 is 19.1 Å². The lowest BCUT2D eigenvalue weighted by Crippen LogP contribution is -2.28. The molecule has 4 N–H and O–H groups in total. The third-order valence-electron chi connectivity index (χ3n) is 3.90. The van der Waals surface area contributed by atoms with Crippen LogP contribution in [0, 0.1) is 6.92 Å². The molecule has 0 saturated carbocycles. The standard InChI is InChI=1S/C19H24N4O4.2ClH/c1-12-4-5-13(23-18(24)10-15(11-20)26-3)8-17(12)27-14-6-7-22-16(9-14)19(25)21-2;;/h4-9,15H,10-11,20H2,1-3H3,(H,21,25)(H,23,24);2*1H. The van der Waals surface area contributed by atoms with Crippen molar-refractivity contribution in [3.63, 3.8) is 0 Å². The van der Waals surface area contributed by atoms with E-state index in [1.54, 1.807) is 24.3 Å². The van der Waals surface area contributed by atoms with Gasteiger partial charge in [0, 0.05) is 44.7 Å². The van der Waals surface area contributed by atoms with Gasteiger partial charge in [0.05, 0.1) is 12.5 Å². The van der Waals surface area contributed by atoms with Crippen molar-refractivity contribution in [2.75, 3.05) is 26.0 Å². The van der Waals surface area contributed by atoms with Gasteiger partial charge in [-0.2, -0.15) is 0 Å². The number of benzene rings is 1. The van der Waals surface area contributed by atoms with E-state index in [4.69, 9.17) is 15.2 Å². The summed E-state index contributed by atoms with van der Waals surface area (Å²) < 4.78 is 11.0. The van der Waals surface area contributed by atoms with Crippen LogP contribution in [-0.4, -0.2) is 43.6 Å². The molecule has 1 atom stereocenters. The zero-order valence-corrected chi connectivity index (χ0v) is 18.1. The molecule has 0 aliphatic rings. The first kappa shape index (κ1) is 26.6. The number of anilines is 1. The molecule has 1 unspecified atom stereocenters. The van der Waals surface area contributed by atoms with Crippen molar-refractivity contribution in [2.24, 2.45) is 5.73 Å². The van der Waals surface area contributed by atoms with Gasteiger partial charge in [-0.15, -0.1) is 24.8 Å². The topological polar surface area (TPSA) is 116 Å². The molecule has 2 rings (SSSR count). The number of carbonyl (C=O) groups excluding carboxylic acids is 2. The van der Waals surface area contributed by atoms with E-state index < -0.39 is 0 Å². The second kappa shape index (κ2) is 12.9. The number of rotatable bonds is 8. The normalized spacial score (nSPS) is 10.8. The zero-order chi connectivity index (χ0) is 19.8. The van der Waals surface area contributed by atoms with Crippen LogP contribution in [0.5, 0.6) is 11.5 Å². The Hall–Kier alpha value is -2.39. The summed E-state index contributed by atoms with van der Waals surface area (Å²) in [4.78, 5) is 27.8. The van der Waals surface area contributed by atoms with Crippen molar-refractivity contribution in [2.45, 2.75) is 19.4 Å². The molecule has 0 aliphatic heterocycles. The van der Waals surface area contributed by atoms with Gasteiger partial charge < -0.3 is 25.8 Å². The molecule has 29 heavy (non-hydrogen) atoms. The smallest absolute Gasteiger partial charge is 0.269 e. The molecule has 1 aromatic carbocycles. The van der Waals surface area contributed by atoms with Crippen molar-refractivity contribution in [1.82, 2.24) is 10.3 Å². The molecular formula is C19H26Cl2N4O4. The van der Waals surface area contributed by atoms with E-state index in [1.165, 1.54) is 20.4 Å². The van der Waals surface area contributed by atoms with Gasteiger partial charge >= 0.3 is 0 Å². The van der Waals surface area contributed by atoms with Gasteiger partial charge in [0.15, 0.2) is 0 Å². The van der Waals surface area contributed by atoms with Gasteiger partial charge in [0.1, 0.15) is 17.2 Å². The fourth-order valence-corrected chi connectivity index (χ4v) is 2.32. The monoisotopic (exact) mass is 444 g/mol. The maximum absolute atomic E-state index is 12.1. The SMILES string of the molecule is CNC(=O)c1cc(Oc2cc(NC(=O)CC(CN)OC)ccc2C)ccn1.Cl.Cl. The minimum atomic E-state index is -0.328. The van der Waals surface area contributed by atoms with Gasteiger partial charge in [0.25, 0.3) is 5.91 Å². The molecule has 0 aliphatic carbocycles. The third-order valence-corrected chi connectivity index (χ3v) is 3.90. The number of pyridine rings is 1. The molecule has 8 nitrogen and oxygen atoms in total. The highest BCUT2D eigenvalue weighted by Gasteiger charge is 2.13. The summed E-state index contributed by atoms with van der Waals surface area (Å²) in [5.41, 5.74) is 7.26. The number of halogens is 2. The predicted octanol–water partition coefficient (Wildman–Crippen LogP) is 2.69. The fraction of sp³-hybridized carbons (Fsp3) is 0.316. The Morgan fingerprint density at radius 1 is 1.21 bits per heavy atom. The maximum atomic E-state index is 12.1. The maximum Gasteiger partial charge on any atom is 0.269 e. The number of carbonyl (C=O) groups is 2. The van der Waals surface area contributed by atoms with E-state index in [2.05, 4.69) is 15.6 Å². The number of nitrogens with two attached hydrogens (primary N) is 1. The summed E-state index contributed by atoms with van der Waals surface area (Å²) in [7, 11) is 3.05. The summed E-state index contributed by atoms with van der Waals surface area (Å²) in [5.74, 6) is 0.528. The number of ether oxygens (including phenoxy) is 2. The number of methoxy groups -OCH3 is 1. The number of aryl methyl sites for hydroxylation is 1. The average Bonchev–Trinajstić information content (AvgIpc) is 2.68. The van der Waals surface area contributed by atoms with Gasteiger partial charge in [-0.1, -0.05) is 6.07 Å². The Bertz CT molecular complexity index is 817. The van der Waals surface area contributed by atoms with Crippen LogP contribution in [0.1, 0.15) is 22.5 Å². The quantitative estimate of drug-likeness (QED) is 0.576. The van der Waals surface area contributed by atoms with E-state index in [1.807, 2.05) is 13.0 Å². The summed E-state index contributed by atoms with van der Waals surface area (Å²) in [6.45, 7) is 2.15. The Kier molecular flexibility index (Phi) is 11.9. The molecular weight excluding hydrogens is 419 g/mol. The number of amides is 2. The second-order valence-corrected chi connectivity index (χ2v) is 5.88. The molecule has 10 heteroatoms. The Morgan fingerprint density at radius 2 is 1.93 bits per heavy atom. The lowest BCUT2D eigenvalue weighted by Gasteiger charge is -2.14. The lowest BCUT2D eigenvalue weighted by atomic mass is 10.2. The summed E-state index contributed by atoms with van der Waals surface area (Å²) in [5, 5.41) is 5.32. The van der Waals surface area contributed by atoms with E-state index in [-0.39, 0.29) is 61.4 Å². The van der Waals surface area contributed by atoms with Crippen LogP contribution >= 0.6 is 24.8 Å². The van der Waals surface area contributed by atoms with Gasteiger partial charge in [-0.3, -0.25) is 14.6 Å². The molecule has 2 aromatic rings. The van der Waals surface area contributed by atoms with Crippen LogP contribution in [0.3, 0.4) is 0 Å². The van der Waals surface area contributed by atoms with E-state index in [0.29, 0.717) is 17.2 Å². The largest absolute Gasteiger partial charge is 0.457 e. The number of nitrogens with one attached hydrogen (secondary N) is 2. The molecule has 0 spiro atoms. The van der Waals surface area contributed by atoms with E-state index in [9.17, 15) is 9.59 Å². The molecule has 160 valence electrons. The number of hydrogen-bond acceptors (Lipinski definition) is 6. The first-order valence-corrected chi connectivity index (χ1v) is 8.46. The zero-order valence-electron chi connectivity index (χ0n) is 16.4. The first-order chi connectivity index (χ1) is 13.0. The van der Waals surface area contributed by atoms with Gasteiger partial charge in [-0.05, 0) is 24.6 Å². The first-order valence-electron chi connectivity index (χ1n) is 8.46. The van der Waals surface area contributed by atoms with Crippen LogP contribution < -0.4 is 21.1 Å². The highest BCUT2D eigenvalue weighted by molar-refractivity contribution is 5.92. The molecule has 1 aromatic heterocycles. The molecule has 0 fully saturated rings. The predicted molar refractivity (Wildman–Crippen MR) is 116 cm³/mol. The lowest BCUT2D eigenvalue weighted by molar-refractivity contribution is -0.118. The van der Waals surface area contributed by atoms with Crippen LogP contribution in [0.25, 0.3) is 0 Å². The number of hydrogen-bond donors (Lipinski definition) is 3. The van der Waals surface area contributed by atoms with E-state index in [0.717, 1.165) is 5.56 Å². The Labute approximate surface area is 182 Å². The van der Waals surface area contributed by atoms with Crippen LogP contribution in [0.15, 0.2) is 36.5 Å². The third kappa shape index (κ3) is 7.86. The minimum absolute atomic E-state index is 0. The molecule has 0 bridgehead atoms. The summed E-state index contributed by atoms with van der Waals surface area (Å²) in [6.07, 6.45) is 1.33. The van der Waals surface area contributed by atoms with Crippen LogP contribution in [0.4, 0.5) is 5.69 Å². The van der Waals surface area contributed by atoms with Crippen molar-refractivity contribution >= 4 is 42.3 Å². The average molecular weight is 445 g/mol. The highest BCUT2D eigenvalue weighted by Crippen LogP contribution is 2.28. The summed E-state index contributed by atoms with van der Waals surface area (Å²) in [6, 6.07) is 8.54. The van der Waals surface area contributed by atoms with Gasteiger partial charge in [0.2, 0.25) is 5.91 Å². The van der Waals surface area contributed by atoms with Crippen molar-refractivity contribution in [3.8, 4) is 11.5 Å². The molecule has 0 saturated heterocycles. The molecule has 2 amide bonds. The fourth-order valence-electron chi connectivity index (χ4n) is 2.32. The highest BCUT2D eigenvalue weighted by atomic mass is 35.5. The van der Waals surface area contributed by atoms with Gasteiger partial charge in [-0.25, -0.2) is 0 Å². The Balaban J connectivity index is 0.00000392. The van der Waals surface area contributed by atoms with E-state index >= 15 is 0 Å². The number of aromatic nitrogens is 1. The van der Waals surface area contributed by atoms with Crippen LogP contribution in [0.2, 0.25) is 0 Å². The second-order valence-electron chi connectivity index (χ2n) is 5.88. The van der Waals surface area contributed by atoms with Crippen molar-refractivity contribution in [3.05, 3.63) is 47.8 Å². The molecule has 1 heterocycles. The molecule has 0 radical (unpaired) electrons.